The third-order valence-corrected chi connectivity index (χ3v) is 5.46. The molecular formula is C18H26N6O. The molecule has 134 valence electrons. The summed E-state index contributed by atoms with van der Waals surface area (Å²) in [6, 6.07) is 2.55. The van der Waals surface area contributed by atoms with Crippen molar-refractivity contribution < 1.29 is 4.79 Å². The Morgan fingerprint density at radius 1 is 1.36 bits per heavy atom. The van der Waals surface area contributed by atoms with Crippen molar-refractivity contribution in [2.45, 2.75) is 44.2 Å². The number of aryl methyl sites for hydroxylation is 1. The topological polar surface area (TPSA) is 76.8 Å². The first-order valence-corrected chi connectivity index (χ1v) is 9.21. The number of rotatable bonds is 5. The van der Waals surface area contributed by atoms with Crippen LogP contribution < -0.4 is 10.6 Å². The van der Waals surface area contributed by atoms with E-state index >= 15 is 0 Å². The summed E-state index contributed by atoms with van der Waals surface area (Å²) >= 11 is 0. The van der Waals surface area contributed by atoms with Gasteiger partial charge in [0.25, 0.3) is 0 Å². The van der Waals surface area contributed by atoms with Crippen molar-refractivity contribution in [1.29, 1.82) is 0 Å². The minimum absolute atomic E-state index is 0.0770. The Morgan fingerprint density at radius 2 is 2.20 bits per heavy atom. The minimum atomic E-state index is -0.0770. The van der Waals surface area contributed by atoms with Crippen molar-refractivity contribution in [3.05, 3.63) is 36.2 Å². The van der Waals surface area contributed by atoms with E-state index in [1.54, 1.807) is 6.33 Å². The SMILES string of the molecule is Cn1cnc([C@@H]2CNC[C@H]2C(=O)NCc2ccn(C3CCCC3)n2)c1. The monoisotopic (exact) mass is 342 g/mol. The van der Waals surface area contributed by atoms with E-state index in [0.717, 1.165) is 17.9 Å². The van der Waals surface area contributed by atoms with E-state index in [1.165, 1.54) is 25.7 Å². The van der Waals surface area contributed by atoms with Crippen LogP contribution in [-0.2, 0) is 18.4 Å². The summed E-state index contributed by atoms with van der Waals surface area (Å²) in [5.74, 6) is 0.139. The van der Waals surface area contributed by atoms with E-state index in [-0.39, 0.29) is 17.7 Å². The lowest BCUT2D eigenvalue weighted by atomic mass is 9.92. The minimum Gasteiger partial charge on any atom is -0.350 e. The van der Waals surface area contributed by atoms with Crippen molar-refractivity contribution in [1.82, 2.24) is 30.0 Å². The van der Waals surface area contributed by atoms with Gasteiger partial charge < -0.3 is 15.2 Å². The molecule has 0 spiro atoms. The molecule has 1 saturated heterocycles. The summed E-state index contributed by atoms with van der Waals surface area (Å²) in [6.45, 7) is 1.99. The van der Waals surface area contributed by atoms with Gasteiger partial charge in [0.05, 0.1) is 36.2 Å². The molecule has 0 radical (unpaired) electrons. The average Bonchev–Trinajstić information content (AvgIpc) is 3.38. The quantitative estimate of drug-likeness (QED) is 0.860. The molecule has 2 N–H and O–H groups in total. The van der Waals surface area contributed by atoms with Crippen LogP contribution in [0.4, 0.5) is 0 Å². The molecule has 4 rings (SSSR count). The van der Waals surface area contributed by atoms with Gasteiger partial charge in [-0.05, 0) is 18.9 Å². The van der Waals surface area contributed by atoms with Crippen molar-refractivity contribution in [2.75, 3.05) is 13.1 Å². The molecule has 7 heteroatoms. The molecule has 2 aromatic rings. The molecule has 7 nitrogen and oxygen atoms in total. The first-order valence-electron chi connectivity index (χ1n) is 9.21. The van der Waals surface area contributed by atoms with Gasteiger partial charge in [-0.25, -0.2) is 4.98 Å². The smallest absolute Gasteiger partial charge is 0.225 e. The maximum Gasteiger partial charge on any atom is 0.225 e. The van der Waals surface area contributed by atoms with Gasteiger partial charge in [-0.15, -0.1) is 0 Å². The van der Waals surface area contributed by atoms with E-state index in [2.05, 4.69) is 25.4 Å². The molecule has 1 aliphatic carbocycles. The number of nitrogens with one attached hydrogen (secondary N) is 2. The Hall–Kier alpha value is -2.15. The first kappa shape index (κ1) is 16.3. The van der Waals surface area contributed by atoms with Crippen LogP contribution in [0.25, 0.3) is 0 Å². The molecule has 3 heterocycles. The fourth-order valence-electron chi connectivity index (χ4n) is 4.04. The van der Waals surface area contributed by atoms with Crippen LogP contribution in [-0.4, -0.2) is 38.3 Å². The van der Waals surface area contributed by atoms with Gasteiger partial charge in [-0.3, -0.25) is 9.48 Å². The summed E-state index contributed by atoms with van der Waals surface area (Å²) in [6.07, 6.45) is 10.9. The molecule has 2 aromatic heterocycles. The molecule has 0 aromatic carbocycles. The zero-order chi connectivity index (χ0) is 17.2. The van der Waals surface area contributed by atoms with Crippen LogP contribution >= 0.6 is 0 Å². The highest BCUT2D eigenvalue weighted by Gasteiger charge is 2.35. The number of imidazole rings is 1. The van der Waals surface area contributed by atoms with Crippen LogP contribution in [0.15, 0.2) is 24.8 Å². The summed E-state index contributed by atoms with van der Waals surface area (Å²) in [5, 5.41) is 11.0. The summed E-state index contributed by atoms with van der Waals surface area (Å²) in [4.78, 5) is 17.1. The lowest BCUT2D eigenvalue weighted by molar-refractivity contribution is -0.125. The van der Waals surface area contributed by atoms with Crippen molar-refractivity contribution >= 4 is 5.91 Å². The van der Waals surface area contributed by atoms with Crippen molar-refractivity contribution in [3.8, 4) is 0 Å². The van der Waals surface area contributed by atoms with Gasteiger partial charge >= 0.3 is 0 Å². The first-order chi connectivity index (χ1) is 12.2. The Balaban J connectivity index is 1.35. The molecular weight excluding hydrogens is 316 g/mol. The van der Waals surface area contributed by atoms with Gasteiger partial charge in [-0.2, -0.15) is 5.10 Å². The molecule has 0 bridgehead atoms. The van der Waals surface area contributed by atoms with Gasteiger partial charge in [0, 0.05) is 38.4 Å². The highest BCUT2D eigenvalue weighted by molar-refractivity contribution is 5.80. The third-order valence-electron chi connectivity index (χ3n) is 5.46. The molecule has 25 heavy (non-hydrogen) atoms. The number of hydrogen-bond donors (Lipinski definition) is 2. The standard InChI is InChI=1S/C18H26N6O/c1-23-11-17(21-12-23)15-9-19-10-16(15)18(25)20-8-13-6-7-24(22-13)14-4-2-3-5-14/h6-7,11-12,14-16,19H,2-5,8-10H2,1H3,(H,20,25)/t15-,16-/m1/s1. The molecule has 2 fully saturated rings. The number of amides is 1. The number of hydrogen-bond acceptors (Lipinski definition) is 4. The largest absolute Gasteiger partial charge is 0.350 e. The number of nitrogens with zero attached hydrogens (tertiary/aromatic N) is 4. The van der Waals surface area contributed by atoms with E-state index in [1.807, 2.05) is 30.1 Å². The zero-order valence-corrected chi connectivity index (χ0v) is 14.7. The summed E-state index contributed by atoms with van der Waals surface area (Å²) < 4.78 is 4.00. The fraction of sp³-hybridized carbons (Fsp3) is 0.611. The maximum atomic E-state index is 12.7. The molecule has 2 atom stereocenters. The lowest BCUT2D eigenvalue weighted by Crippen LogP contribution is -2.34. The van der Waals surface area contributed by atoms with Crippen molar-refractivity contribution in [2.24, 2.45) is 13.0 Å². The van der Waals surface area contributed by atoms with E-state index in [0.29, 0.717) is 19.1 Å². The van der Waals surface area contributed by atoms with Gasteiger partial charge in [0.2, 0.25) is 5.91 Å². The van der Waals surface area contributed by atoms with E-state index < -0.39 is 0 Å². The maximum absolute atomic E-state index is 12.7. The average molecular weight is 342 g/mol. The predicted octanol–water partition coefficient (Wildman–Crippen LogP) is 1.35. The molecule has 0 unspecified atom stereocenters. The molecule has 1 saturated carbocycles. The van der Waals surface area contributed by atoms with Crippen molar-refractivity contribution in [3.63, 3.8) is 0 Å². The van der Waals surface area contributed by atoms with Crippen LogP contribution in [0.3, 0.4) is 0 Å². The highest BCUT2D eigenvalue weighted by atomic mass is 16.1. The Kier molecular flexibility index (Phi) is 4.57. The zero-order valence-electron chi connectivity index (χ0n) is 14.7. The van der Waals surface area contributed by atoms with Gasteiger partial charge in [0.1, 0.15) is 0 Å². The molecule has 2 aliphatic rings. The molecule has 1 amide bonds. The van der Waals surface area contributed by atoms with Gasteiger partial charge in [0.15, 0.2) is 0 Å². The van der Waals surface area contributed by atoms with Crippen LogP contribution in [0.1, 0.15) is 49.0 Å². The second kappa shape index (κ2) is 7.00. The van der Waals surface area contributed by atoms with Crippen LogP contribution in [0.5, 0.6) is 0 Å². The second-order valence-corrected chi connectivity index (χ2v) is 7.28. The number of carbonyl (C=O) groups is 1. The van der Waals surface area contributed by atoms with Crippen LogP contribution in [0.2, 0.25) is 0 Å². The molecule has 1 aliphatic heterocycles. The van der Waals surface area contributed by atoms with E-state index in [4.69, 9.17) is 0 Å². The number of aromatic nitrogens is 4. The normalized spacial score (nSPS) is 24.0. The number of carbonyl (C=O) groups excluding carboxylic acids is 1. The Bertz CT molecular complexity index is 730. The van der Waals surface area contributed by atoms with Crippen LogP contribution in [0, 0.1) is 5.92 Å². The second-order valence-electron chi connectivity index (χ2n) is 7.28. The third kappa shape index (κ3) is 3.46. The fourth-order valence-corrected chi connectivity index (χ4v) is 4.04. The van der Waals surface area contributed by atoms with E-state index in [9.17, 15) is 4.79 Å². The Morgan fingerprint density at radius 3 is 2.96 bits per heavy atom. The van der Waals surface area contributed by atoms with Gasteiger partial charge in [-0.1, -0.05) is 12.8 Å². The highest BCUT2D eigenvalue weighted by Crippen LogP contribution is 2.29. The Labute approximate surface area is 147 Å². The lowest BCUT2D eigenvalue weighted by Gasteiger charge is -2.16. The predicted molar refractivity (Wildman–Crippen MR) is 93.9 cm³/mol. The summed E-state index contributed by atoms with van der Waals surface area (Å²) in [5.41, 5.74) is 1.92. The summed E-state index contributed by atoms with van der Waals surface area (Å²) in [7, 11) is 1.95.